The van der Waals surface area contributed by atoms with Gasteiger partial charge in [-0.05, 0) is 37.3 Å². The van der Waals surface area contributed by atoms with Crippen molar-refractivity contribution in [3.05, 3.63) is 47.2 Å². The SMILES string of the molecule is CCn1cc(Cl)cc1C(=O)Nc1ccc(N)cc1. The molecule has 1 aromatic heterocycles. The van der Waals surface area contributed by atoms with Crippen molar-refractivity contribution in [2.75, 3.05) is 11.1 Å². The molecule has 1 heterocycles. The number of carbonyl (C=O) groups is 1. The molecule has 2 rings (SSSR count). The first-order valence-electron chi connectivity index (χ1n) is 5.62. The van der Waals surface area contributed by atoms with E-state index in [0.717, 1.165) is 0 Å². The van der Waals surface area contributed by atoms with E-state index in [1.165, 1.54) is 0 Å². The van der Waals surface area contributed by atoms with E-state index in [2.05, 4.69) is 5.32 Å². The van der Waals surface area contributed by atoms with Crippen molar-refractivity contribution in [1.29, 1.82) is 0 Å². The molecule has 0 atom stereocenters. The van der Waals surface area contributed by atoms with Crippen LogP contribution in [0.15, 0.2) is 36.5 Å². The Bertz CT molecular complexity index is 560. The number of hydrogen-bond donors (Lipinski definition) is 2. The summed E-state index contributed by atoms with van der Waals surface area (Å²) in [5.41, 5.74) is 7.49. The Morgan fingerprint density at radius 1 is 1.39 bits per heavy atom. The van der Waals surface area contributed by atoms with Crippen LogP contribution in [0.3, 0.4) is 0 Å². The third kappa shape index (κ3) is 2.65. The highest BCUT2D eigenvalue weighted by atomic mass is 35.5. The number of hydrogen-bond acceptors (Lipinski definition) is 2. The minimum Gasteiger partial charge on any atom is -0.399 e. The Morgan fingerprint density at radius 2 is 2.06 bits per heavy atom. The summed E-state index contributed by atoms with van der Waals surface area (Å²) in [4.78, 5) is 12.1. The lowest BCUT2D eigenvalue weighted by molar-refractivity contribution is 0.101. The zero-order chi connectivity index (χ0) is 13.1. The molecular weight excluding hydrogens is 250 g/mol. The minimum absolute atomic E-state index is 0.187. The van der Waals surface area contributed by atoms with Crippen LogP contribution in [0.1, 0.15) is 17.4 Å². The molecule has 0 saturated heterocycles. The molecule has 0 saturated carbocycles. The van der Waals surface area contributed by atoms with Crippen molar-refractivity contribution >= 4 is 28.9 Å². The highest BCUT2D eigenvalue weighted by Gasteiger charge is 2.12. The largest absolute Gasteiger partial charge is 0.399 e. The van der Waals surface area contributed by atoms with Crippen molar-refractivity contribution in [3.8, 4) is 0 Å². The van der Waals surface area contributed by atoms with Gasteiger partial charge in [-0.15, -0.1) is 0 Å². The van der Waals surface area contributed by atoms with E-state index >= 15 is 0 Å². The van der Waals surface area contributed by atoms with Crippen LogP contribution in [-0.4, -0.2) is 10.5 Å². The van der Waals surface area contributed by atoms with Crippen LogP contribution in [0.4, 0.5) is 11.4 Å². The van der Waals surface area contributed by atoms with Gasteiger partial charge in [0.15, 0.2) is 0 Å². The van der Waals surface area contributed by atoms with Crippen molar-refractivity contribution in [2.24, 2.45) is 0 Å². The second kappa shape index (κ2) is 5.14. The Hall–Kier alpha value is -1.94. The summed E-state index contributed by atoms with van der Waals surface area (Å²) >= 11 is 5.89. The van der Waals surface area contributed by atoms with Gasteiger partial charge in [0.1, 0.15) is 5.69 Å². The van der Waals surface area contributed by atoms with Crippen LogP contribution in [0, 0.1) is 0 Å². The Balaban J connectivity index is 2.19. The van der Waals surface area contributed by atoms with Gasteiger partial charge in [-0.2, -0.15) is 0 Å². The Morgan fingerprint density at radius 3 is 2.67 bits per heavy atom. The second-order valence-electron chi connectivity index (χ2n) is 3.91. The third-order valence-electron chi connectivity index (χ3n) is 2.61. The fourth-order valence-electron chi connectivity index (χ4n) is 1.69. The molecule has 94 valence electrons. The molecule has 0 radical (unpaired) electrons. The van der Waals surface area contributed by atoms with Crippen LogP contribution < -0.4 is 11.1 Å². The first kappa shape index (κ1) is 12.5. The molecule has 5 heteroatoms. The van der Waals surface area contributed by atoms with E-state index in [0.29, 0.717) is 28.6 Å². The number of nitrogen functional groups attached to an aromatic ring is 1. The zero-order valence-electron chi connectivity index (χ0n) is 9.98. The molecule has 1 amide bonds. The summed E-state index contributed by atoms with van der Waals surface area (Å²) < 4.78 is 1.80. The topological polar surface area (TPSA) is 60.0 Å². The summed E-state index contributed by atoms with van der Waals surface area (Å²) in [6, 6.07) is 8.64. The normalized spacial score (nSPS) is 10.3. The number of rotatable bonds is 3. The predicted molar refractivity (Wildman–Crippen MR) is 73.9 cm³/mol. The number of halogens is 1. The molecule has 0 spiro atoms. The molecule has 2 aromatic rings. The number of aromatic nitrogens is 1. The average molecular weight is 264 g/mol. The second-order valence-corrected chi connectivity index (χ2v) is 4.34. The lowest BCUT2D eigenvalue weighted by atomic mass is 10.3. The fourth-order valence-corrected chi connectivity index (χ4v) is 1.91. The highest BCUT2D eigenvalue weighted by molar-refractivity contribution is 6.31. The van der Waals surface area contributed by atoms with Crippen LogP contribution in [0.25, 0.3) is 0 Å². The molecule has 0 bridgehead atoms. The maximum Gasteiger partial charge on any atom is 0.272 e. The third-order valence-corrected chi connectivity index (χ3v) is 2.81. The molecule has 0 aliphatic carbocycles. The number of nitrogens with zero attached hydrogens (tertiary/aromatic N) is 1. The van der Waals surface area contributed by atoms with Crippen LogP contribution in [0.5, 0.6) is 0 Å². The number of amides is 1. The standard InChI is InChI=1S/C13H14ClN3O/c1-2-17-8-9(14)7-12(17)13(18)16-11-5-3-10(15)4-6-11/h3-8H,2,15H2,1H3,(H,16,18). The average Bonchev–Trinajstić information content (AvgIpc) is 2.73. The molecular formula is C13H14ClN3O. The molecule has 18 heavy (non-hydrogen) atoms. The maximum atomic E-state index is 12.1. The molecule has 0 aliphatic heterocycles. The quantitative estimate of drug-likeness (QED) is 0.837. The number of nitrogens with two attached hydrogens (primary N) is 1. The molecule has 1 aromatic carbocycles. The van der Waals surface area contributed by atoms with Crippen molar-refractivity contribution in [1.82, 2.24) is 4.57 Å². The van der Waals surface area contributed by atoms with E-state index in [1.54, 1.807) is 41.1 Å². The summed E-state index contributed by atoms with van der Waals surface area (Å²) in [5, 5.41) is 3.35. The number of aryl methyl sites for hydroxylation is 1. The van der Waals surface area contributed by atoms with E-state index in [9.17, 15) is 4.79 Å². The van der Waals surface area contributed by atoms with Gasteiger partial charge in [-0.25, -0.2) is 0 Å². The molecule has 0 aliphatic rings. The van der Waals surface area contributed by atoms with Gasteiger partial charge in [-0.3, -0.25) is 4.79 Å². The van der Waals surface area contributed by atoms with Crippen LogP contribution in [0.2, 0.25) is 5.02 Å². The number of benzene rings is 1. The Labute approximate surface area is 110 Å². The summed E-state index contributed by atoms with van der Waals surface area (Å²) in [7, 11) is 0. The monoisotopic (exact) mass is 263 g/mol. The van der Waals surface area contributed by atoms with Crippen molar-refractivity contribution in [2.45, 2.75) is 13.5 Å². The van der Waals surface area contributed by atoms with Gasteiger partial charge in [0.25, 0.3) is 5.91 Å². The van der Waals surface area contributed by atoms with Crippen LogP contribution in [-0.2, 0) is 6.54 Å². The number of anilines is 2. The van der Waals surface area contributed by atoms with Gasteiger partial charge in [0, 0.05) is 24.1 Å². The molecule has 3 N–H and O–H groups in total. The number of carbonyl (C=O) groups excluding carboxylic acids is 1. The van der Waals surface area contributed by atoms with E-state index in [1.807, 2.05) is 6.92 Å². The summed E-state index contributed by atoms with van der Waals surface area (Å²) in [6.07, 6.45) is 1.74. The summed E-state index contributed by atoms with van der Waals surface area (Å²) in [6.45, 7) is 2.65. The van der Waals surface area contributed by atoms with E-state index in [-0.39, 0.29) is 5.91 Å². The van der Waals surface area contributed by atoms with E-state index in [4.69, 9.17) is 17.3 Å². The lowest BCUT2D eigenvalue weighted by Gasteiger charge is -2.07. The van der Waals surface area contributed by atoms with Crippen molar-refractivity contribution in [3.63, 3.8) is 0 Å². The van der Waals surface area contributed by atoms with Gasteiger partial charge in [-0.1, -0.05) is 11.6 Å². The minimum atomic E-state index is -0.187. The molecule has 0 fully saturated rings. The van der Waals surface area contributed by atoms with Crippen LogP contribution >= 0.6 is 11.6 Å². The van der Waals surface area contributed by atoms with Gasteiger partial charge < -0.3 is 15.6 Å². The Kier molecular flexibility index (Phi) is 3.58. The number of nitrogens with one attached hydrogen (secondary N) is 1. The molecule has 0 unspecified atom stereocenters. The zero-order valence-corrected chi connectivity index (χ0v) is 10.7. The molecule has 4 nitrogen and oxygen atoms in total. The van der Waals surface area contributed by atoms with Crippen molar-refractivity contribution < 1.29 is 4.79 Å². The first-order chi connectivity index (χ1) is 8.60. The highest BCUT2D eigenvalue weighted by Crippen LogP contribution is 2.17. The summed E-state index contributed by atoms with van der Waals surface area (Å²) in [5.74, 6) is -0.187. The fraction of sp³-hybridized carbons (Fsp3) is 0.154. The predicted octanol–water partition coefficient (Wildman–Crippen LogP) is 3.00. The van der Waals surface area contributed by atoms with Gasteiger partial charge in [0.05, 0.1) is 5.02 Å². The maximum absolute atomic E-state index is 12.1. The van der Waals surface area contributed by atoms with Gasteiger partial charge in [0.2, 0.25) is 0 Å². The van der Waals surface area contributed by atoms with E-state index < -0.39 is 0 Å². The smallest absolute Gasteiger partial charge is 0.272 e. The first-order valence-corrected chi connectivity index (χ1v) is 6.00. The lowest BCUT2D eigenvalue weighted by Crippen LogP contribution is -2.16. The van der Waals surface area contributed by atoms with Gasteiger partial charge >= 0.3 is 0 Å².